The number of carbonyl (C=O) groups is 4. The van der Waals surface area contributed by atoms with Gasteiger partial charge < -0.3 is 31.6 Å². The summed E-state index contributed by atoms with van der Waals surface area (Å²) in [4.78, 5) is 47.5. The van der Waals surface area contributed by atoms with Gasteiger partial charge in [-0.05, 0) is 27.7 Å². The van der Waals surface area contributed by atoms with Crippen LogP contribution in [0.25, 0.3) is 0 Å². The van der Waals surface area contributed by atoms with Gasteiger partial charge in [0.2, 0.25) is 11.8 Å². The zero-order valence-corrected chi connectivity index (χ0v) is 19.4. The van der Waals surface area contributed by atoms with Gasteiger partial charge in [0.1, 0.15) is 0 Å². The number of ether oxygens (including phenoxy) is 2. The van der Waals surface area contributed by atoms with Crippen molar-refractivity contribution in [2.24, 2.45) is 22.3 Å². The summed E-state index contributed by atoms with van der Waals surface area (Å²) < 4.78 is 10.0. The molecule has 10 heteroatoms. The van der Waals surface area contributed by atoms with Gasteiger partial charge in [-0.25, -0.2) is 9.59 Å². The first kappa shape index (κ1) is 27.8. The summed E-state index contributed by atoms with van der Waals surface area (Å²) in [6.07, 6.45) is 0. The molecule has 0 spiro atoms. The van der Waals surface area contributed by atoms with Crippen LogP contribution in [0.3, 0.4) is 0 Å². The fraction of sp³-hybridized carbons (Fsp3) is 0.800. The average Bonchev–Trinajstić information content (AvgIpc) is 2.58. The minimum absolute atomic E-state index is 0.1000. The molecule has 0 saturated heterocycles. The Morgan fingerprint density at radius 1 is 0.633 bits per heavy atom. The third kappa shape index (κ3) is 11.1. The lowest BCUT2D eigenvalue weighted by molar-refractivity contribution is -0.171. The second kappa shape index (κ2) is 10.2. The first-order valence-electron chi connectivity index (χ1n) is 9.75. The molecule has 0 rings (SSSR count). The van der Waals surface area contributed by atoms with Gasteiger partial charge in [0.15, 0.2) is 0 Å². The molecule has 0 radical (unpaired) electrons. The van der Waals surface area contributed by atoms with Gasteiger partial charge in [-0.2, -0.15) is 0 Å². The molecule has 0 unspecified atom stereocenters. The molecule has 174 valence electrons. The van der Waals surface area contributed by atoms with Crippen molar-refractivity contribution >= 4 is 23.8 Å². The molecule has 0 aliphatic carbocycles. The van der Waals surface area contributed by atoms with E-state index in [0.29, 0.717) is 0 Å². The van der Waals surface area contributed by atoms with Crippen molar-refractivity contribution < 1.29 is 28.7 Å². The average molecular weight is 431 g/mol. The number of nitrogens with two attached hydrogens (primary N) is 2. The van der Waals surface area contributed by atoms with E-state index in [1.165, 1.54) is 0 Å². The van der Waals surface area contributed by atoms with Crippen molar-refractivity contribution in [2.45, 2.75) is 66.5 Å². The predicted molar refractivity (Wildman–Crippen MR) is 112 cm³/mol. The Kier molecular flexibility index (Phi) is 9.46. The van der Waals surface area contributed by atoms with E-state index in [9.17, 15) is 19.2 Å². The van der Waals surface area contributed by atoms with Crippen molar-refractivity contribution in [3.63, 3.8) is 0 Å². The number of esters is 2. The molecule has 0 saturated carbocycles. The molecule has 0 aliphatic rings. The highest BCUT2D eigenvalue weighted by molar-refractivity contribution is 6.29. The normalized spacial score (nSPS) is 12.7. The topological polar surface area (TPSA) is 163 Å². The van der Waals surface area contributed by atoms with Crippen LogP contribution in [0, 0.1) is 10.8 Å². The zero-order valence-electron chi connectivity index (χ0n) is 19.4. The zero-order chi connectivity index (χ0) is 24.0. The Bertz CT molecular complexity index is 589. The van der Waals surface area contributed by atoms with Crippen molar-refractivity contribution in [1.82, 2.24) is 10.6 Å². The molecule has 0 heterocycles. The lowest BCUT2D eigenvalue weighted by Crippen LogP contribution is -2.51. The summed E-state index contributed by atoms with van der Waals surface area (Å²) in [5, 5.41) is 5.36. The summed E-state index contributed by atoms with van der Waals surface area (Å²) in [6, 6.07) is 0. The highest BCUT2D eigenvalue weighted by Gasteiger charge is 2.30. The van der Waals surface area contributed by atoms with Crippen LogP contribution in [-0.4, -0.2) is 61.1 Å². The third-order valence-corrected chi connectivity index (χ3v) is 3.98. The van der Waals surface area contributed by atoms with Crippen molar-refractivity contribution in [3.05, 3.63) is 0 Å². The molecule has 0 bridgehead atoms. The molecule has 0 atom stereocenters. The highest BCUT2D eigenvalue weighted by Crippen LogP contribution is 2.16. The summed E-state index contributed by atoms with van der Waals surface area (Å²) in [6.45, 7) is 13.6. The van der Waals surface area contributed by atoms with Crippen LogP contribution >= 0.6 is 0 Å². The van der Waals surface area contributed by atoms with Crippen LogP contribution in [0.4, 0.5) is 0 Å². The van der Waals surface area contributed by atoms with Crippen molar-refractivity contribution in [2.75, 3.05) is 26.3 Å². The molecule has 0 aromatic carbocycles. The van der Waals surface area contributed by atoms with E-state index in [1.54, 1.807) is 55.4 Å². The van der Waals surface area contributed by atoms with E-state index < -0.39 is 33.8 Å². The summed E-state index contributed by atoms with van der Waals surface area (Å²) >= 11 is 0. The molecule has 0 aromatic heterocycles. The maximum atomic E-state index is 11.9. The fourth-order valence-corrected chi connectivity index (χ4v) is 1.84. The Morgan fingerprint density at radius 2 is 0.900 bits per heavy atom. The molecule has 0 fully saturated rings. The van der Waals surface area contributed by atoms with Crippen LogP contribution in [0.15, 0.2) is 0 Å². The van der Waals surface area contributed by atoms with Crippen LogP contribution in [0.2, 0.25) is 0 Å². The minimum Gasteiger partial charge on any atom is -0.457 e. The highest BCUT2D eigenvalue weighted by atomic mass is 16.6. The number of rotatable bonds is 10. The monoisotopic (exact) mass is 430 g/mol. The quantitative estimate of drug-likeness (QED) is 0.274. The van der Waals surface area contributed by atoms with E-state index >= 15 is 0 Å². The number of hydrogen-bond donors (Lipinski definition) is 4. The van der Waals surface area contributed by atoms with Gasteiger partial charge in [-0.1, -0.05) is 27.7 Å². The van der Waals surface area contributed by atoms with Gasteiger partial charge in [0.05, 0.1) is 24.3 Å². The standard InChI is InChI=1S/C20H38N4O6/c1-17(2,9-23-15(27)19(5,6)21)11-29-13(25)14(26)30-12-18(3,4)10-24-16(28)20(7,8)22/h9-12,21-22H2,1-8H3,(H,23,27)(H,24,28). The summed E-state index contributed by atoms with van der Waals surface area (Å²) in [5.74, 6) is -2.93. The Morgan fingerprint density at radius 3 is 1.13 bits per heavy atom. The Hall–Kier alpha value is -2.20. The molecule has 10 nitrogen and oxygen atoms in total. The van der Waals surface area contributed by atoms with Crippen LogP contribution in [-0.2, 0) is 28.7 Å². The molecule has 0 aromatic rings. The third-order valence-electron chi connectivity index (χ3n) is 3.98. The van der Waals surface area contributed by atoms with E-state index in [2.05, 4.69) is 10.6 Å². The van der Waals surface area contributed by atoms with Gasteiger partial charge in [0, 0.05) is 23.9 Å². The second-order valence-electron chi connectivity index (χ2n) is 10.3. The van der Waals surface area contributed by atoms with E-state index in [0.717, 1.165) is 0 Å². The lowest BCUT2D eigenvalue weighted by Gasteiger charge is -2.27. The molecular formula is C20H38N4O6. The molecule has 2 amide bonds. The van der Waals surface area contributed by atoms with Gasteiger partial charge in [-0.3, -0.25) is 9.59 Å². The largest absolute Gasteiger partial charge is 0.457 e. The maximum Gasteiger partial charge on any atom is 0.417 e. The van der Waals surface area contributed by atoms with Crippen molar-refractivity contribution in [3.8, 4) is 0 Å². The van der Waals surface area contributed by atoms with E-state index in [-0.39, 0.29) is 38.1 Å². The first-order chi connectivity index (χ1) is 13.3. The number of amides is 2. The Labute approximate surface area is 178 Å². The molecular weight excluding hydrogens is 392 g/mol. The smallest absolute Gasteiger partial charge is 0.417 e. The van der Waals surface area contributed by atoms with E-state index in [4.69, 9.17) is 20.9 Å². The predicted octanol–water partition coefficient (Wildman–Crippen LogP) is -0.168. The van der Waals surface area contributed by atoms with Gasteiger partial charge >= 0.3 is 11.9 Å². The molecule has 30 heavy (non-hydrogen) atoms. The van der Waals surface area contributed by atoms with E-state index in [1.807, 2.05) is 0 Å². The Balaban J connectivity index is 4.46. The van der Waals surface area contributed by atoms with Crippen LogP contribution in [0.5, 0.6) is 0 Å². The van der Waals surface area contributed by atoms with Gasteiger partial charge in [-0.15, -0.1) is 0 Å². The second-order valence-corrected chi connectivity index (χ2v) is 10.3. The number of carbonyl (C=O) groups excluding carboxylic acids is 4. The molecule has 6 N–H and O–H groups in total. The van der Waals surface area contributed by atoms with Crippen molar-refractivity contribution in [1.29, 1.82) is 0 Å². The SMILES string of the molecule is CC(C)(CNC(=O)C(C)(C)N)COC(=O)C(=O)OCC(C)(C)CNC(=O)C(C)(C)N. The summed E-state index contributed by atoms with van der Waals surface area (Å²) in [5.41, 5.74) is 8.14. The lowest BCUT2D eigenvalue weighted by atomic mass is 9.94. The van der Waals surface area contributed by atoms with Gasteiger partial charge in [0.25, 0.3) is 0 Å². The van der Waals surface area contributed by atoms with Crippen LogP contribution < -0.4 is 22.1 Å². The van der Waals surface area contributed by atoms with Crippen LogP contribution in [0.1, 0.15) is 55.4 Å². The molecule has 0 aliphatic heterocycles. The fourth-order valence-electron chi connectivity index (χ4n) is 1.84. The maximum absolute atomic E-state index is 11.9. The summed E-state index contributed by atoms with van der Waals surface area (Å²) in [7, 11) is 0. The number of nitrogens with one attached hydrogen (secondary N) is 2. The minimum atomic E-state index is -1.13. The first-order valence-corrected chi connectivity index (χ1v) is 9.75. The number of hydrogen-bond acceptors (Lipinski definition) is 8.